The summed E-state index contributed by atoms with van der Waals surface area (Å²) >= 11 is 0. The number of hydrogen-bond donors (Lipinski definition) is 3. The molecule has 0 aromatic carbocycles. The molecule has 19 heteroatoms. The van der Waals surface area contributed by atoms with Crippen molar-refractivity contribution in [3.8, 4) is 0 Å². The first kappa shape index (κ1) is 80.1. The Morgan fingerprint density at radius 3 is 0.720 bits per heavy atom. The summed E-state index contributed by atoms with van der Waals surface area (Å²) in [6.07, 6.45) is 43.3. The zero-order valence-corrected chi connectivity index (χ0v) is 54.2. The van der Waals surface area contributed by atoms with Crippen molar-refractivity contribution in [2.24, 2.45) is 0 Å². The molecule has 0 fully saturated rings. The highest BCUT2D eigenvalue weighted by molar-refractivity contribution is 7.47. The lowest BCUT2D eigenvalue weighted by molar-refractivity contribution is -0.161. The highest BCUT2D eigenvalue weighted by Crippen LogP contribution is 2.45. The first-order valence-electron chi connectivity index (χ1n) is 33.3. The molecule has 0 aromatic heterocycles. The monoisotopic (exact) mass is 1210 g/mol. The molecule has 486 valence electrons. The van der Waals surface area contributed by atoms with Gasteiger partial charge in [0.05, 0.1) is 26.4 Å². The molecule has 0 aliphatic heterocycles. The van der Waals surface area contributed by atoms with Gasteiger partial charge in [-0.25, -0.2) is 9.13 Å². The Balaban J connectivity index is 5.17. The number of hydrogen-bond acceptors (Lipinski definition) is 15. The van der Waals surface area contributed by atoms with E-state index in [2.05, 4.69) is 27.7 Å². The van der Waals surface area contributed by atoms with Gasteiger partial charge in [0, 0.05) is 25.7 Å². The van der Waals surface area contributed by atoms with E-state index in [-0.39, 0.29) is 25.7 Å². The average molecular weight is 1210 g/mol. The van der Waals surface area contributed by atoms with Crippen molar-refractivity contribution in [1.29, 1.82) is 0 Å². The molecule has 0 bridgehead atoms. The number of aliphatic hydroxyl groups is 1. The second kappa shape index (κ2) is 58.1. The summed E-state index contributed by atoms with van der Waals surface area (Å²) in [5, 5.41) is 10.5. The average Bonchev–Trinajstić information content (AvgIpc) is 3.45. The summed E-state index contributed by atoms with van der Waals surface area (Å²) in [5.74, 6) is -2.14. The summed E-state index contributed by atoms with van der Waals surface area (Å²) in [4.78, 5) is 71.9. The van der Waals surface area contributed by atoms with E-state index in [0.29, 0.717) is 25.7 Å². The van der Waals surface area contributed by atoms with Crippen molar-refractivity contribution in [1.82, 2.24) is 0 Å². The molecule has 0 radical (unpaired) electrons. The predicted octanol–water partition coefficient (Wildman–Crippen LogP) is 17.5. The third-order valence-electron chi connectivity index (χ3n) is 14.6. The maximum absolute atomic E-state index is 13.0. The van der Waals surface area contributed by atoms with Crippen LogP contribution in [0.25, 0.3) is 0 Å². The second-order valence-corrected chi connectivity index (χ2v) is 25.7. The summed E-state index contributed by atoms with van der Waals surface area (Å²) in [5.41, 5.74) is 0. The quantitative estimate of drug-likeness (QED) is 0.0222. The van der Waals surface area contributed by atoms with E-state index in [1.165, 1.54) is 128 Å². The molecule has 0 heterocycles. The molecule has 0 spiro atoms. The fourth-order valence-electron chi connectivity index (χ4n) is 9.46. The van der Waals surface area contributed by atoms with E-state index in [0.717, 1.165) is 116 Å². The highest BCUT2D eigenvalue weighted by Gasteiger charge is 2.30. The Kier molecular flexibility index (Phi) is 56.7. The molecular formula is C63H122O17P2. The van der Waals surface area contributed by atoms with E-state index in [1.807, 2.05) is 0 Å². The van der Waals surface area contributed by atoms with Gasteiger partial charge in [0.1, 0.15) is 19.3 Å². The molecule has 0 aromatic rings. The largest absolute Gasteiger partial charge is 0.472 e. The Bertz CT molecular complexity index is 1590. The number of unbranched alkanes of at least 4 members (excludes halogenated alkanes) is 38. The van der Waals surface area contributed by atoms with Crippen molar-refractivity contribution in [3.63, 3.8) is 0 Å². The lowest BCUT2D eigenvalue weighted by atomic mass is 10.0. The molecule has 0 saturated carbocycles. The number of phosphoric acid groups is 2. The van der Waals surface area contributed by atoms with Crippen molar-refractivity contribution in [3.05, 3.63) is 0 Å². The van der Waals surface area contributed by atoms with Crippen molar-refractivity contribution in [2.45, 2.75) is 341 Å². The van der Waals surface area contributed by atoms with Crippen LogP contribution in [0.5, 0.6) is 0 Å². The van der Waals surface area contributed by atoms with Gasteiger partial charge in [-0.1, -0.05) is 272 Å². The number of rotatable bonds is 64. The zero-order valence-electron chi connectivity index (χ0n) is 52.5. The summed E-state index contributed by atoms with van der Waals surface area (Å²) < 4.78 is 67.8. The van der Waals surface area contributed by atoms with Crippen LogP contribution >= 0.6 is 15.6 Å². The molecule has 0 aliphatic carbocycles. The Morgan fingerprint density at radius 1 is 0.293 bits per heavy atom. The van der Waals surface area contributed by atoms with Gasteiger partial charge in [0.15, 0.2) is 12.2 Å². The molecule has 0 amide bonds. The van der Waals surface area contributed by atoms with Crippen LogP contribution in [-0.2, 0) is 65.4 Å². The van der Waals surface area contributed by atoms with Gasteiger partial charge < -0.3 is 33.8 Å². The second-order valence-electron chi connectivity index (χ2n) is 22.8. The molecule has 0 rings (SSSR count). The maximum atomic E-state index is 13.0. The summed E-state index contributed by atoms with van der Waals surface area (Å²) in [6, 6.07) is 0. The minimum atomic E-state index is -4.94. The zero-order chi connectivity index (χ0) is 60.5. The number of carbonyl (C=O) groups is 4. The Labute approximate surface area is 498 Å². The van der Waals surface area contributed by atoms with Crippen LogP contribution in [-0.4, -0.2) is 96.7 Å². The number of esters is 4. The molecule has 2 unspecified atom stereocenters. The minimum absolute atomic E-state index is 0.104. The van der Waals surface area contributed by atoms with Gasteiger partial charge in [0.2, 0.25) is 0 Å². The van der Waals surface area contributed by atoms with E-state index in [4.69, 9.17) is 37.0 Å². The highest BCUT2D eigenvalue weighted by atomic mass is 31.2. The SMILES string of the molecule is CCCCCCCCCCCCCCCCCC(=O)O[C@H](COC(=O)CCCCCCCCCCCCCCC)COP(=O)(O)OC[C@@H](O)COP(=O)(O)OC[C@@H](COC(=O)CCCCCCCCC)OC(=O)CCCCCCCCC. The van der Waals surface area contributed by atoms with E-state index >= 15 is 0 Å². The van der Waals surface area contributed by atoms with Crippen LogP contribution < -0.4 is 0 Å². The lowest BCUT2D eigenvalue weighted by Gasteiger charge is -2.21. The van der Waals surface area contributed by atoms with E-state index < -0.39 is 97.5 Å². The fraction of sp³-hybridized carbons (Fsp3) is 0.937. The molecular weight excluding hydrogens is 1090 g/mol. The number of ether oxygens (including phenoxy) is 4. The van der Waals surface area contributed by atoms with Gasteiger partial charge in [0.25, 0.3) is 0 Å². The van der Waals surface area contributed by atoms with Crippen molar-refractivity contribution < 1.29 is 80.2 Å². The van der Waals surface area contributed by atoms with Crippen molar-refractivity contribution >= 4 is 39.5 Å². The number of phosphoric ester groups is 2. The number of aliphatic hydroxyl groups excluding tert-OH is 1. The standard InChI is InChI=1S/C63H122O17P2/c1-5-9-13-17-21-23-25-27-28-30-32-34-38-42-46-50-63(68)80-59(54-74-61(66)48-44-40-37-33-31-29-26-24-22-18-14-10-6-2)56-78-82(71,72)76-52-57(64)51-75-81(69,70)77-55-58(79-62(67)49-45-41-36-20-16-12-8-4)53-73-60(65)47-43-39-35-19-15-11-7-3/h57-59,64H,5-56H2,1-4H3,(H,69,70)(H,71,72)/t57-,58+,59+/m0/s1. The third-order valence-corrected chi connectivity index (χ3v) is 16.5. The van der Waals surface area contributed by atoms with Gasteiger partial charge in [-0.15, -0.1) is 0 Å². The first-order valence-corrected chi connectivity index (χ1v) is 36.3. The number of carbonyl (C=O) groups excluding carboxylic acids is 4. The van der Waals surface area contributed by atoms with Crippen LogP contribution in [0.2, 0.25) is 0 Å². The van der Waals surface area contributed by atoms with Crippen LogP contribution in [0, 0.1) is 0 Å². The fourth-order valence-corrected chi connectivity index (χ4v) is 11.0. The van der Waals surface area contributed by atoms with Crippen molar-refractivity contribution in [2.75, 3.05) is 39.6 Å². The van der Waals surface area contributed by atoms with Crippen LogP contribution in [0.3, 0.4) is 0 Å². The third kappa shape index (κ3) is 57.2. The van der Waals surface area contributed by atoms with Crippen LogP contribution in [0.1, 0.15) is 323 Å². The van der Waals surface area contributed by atoms with Gasteiger partial charge in [-0.05, 0) is 25.7 Å². The molecule has 0 saturated heterocycles. The molecule has 0 aliphatic rings. The summed E-state index contributed by atoms with van der Waals surface area (Å²) in [6.45, 7) is 4.81. The van der Waals surface area contributed by atoms with Crippen LogP contribution in [0.15, 0.2) is 0 Å². The molecule has 5 atom stereocenters. The minimum Gasteiger partial charge on any atom is -0.462 e. The van der Waals surface area contributed by atoms with E-state index in [9.17, 15) is 43.2 Å². The van der Waals surface area contributed by atoms with E-state index in [1.54, 1.807) is 0 Å². The van der Waals surface area contributed by atoms with Gasteiger partial charge in [-0.2, -0.15) is 0 Å². The lowest BCUT2D eigenvalue weighted by Crippen LogP contribution is -2.30. The molecule has 82 heavy (non-hydrogen) atoms. The van der Waals surface area contributed by atoms with Gasteiger partial charge >= 0.3 is 39.5 Å². The topological polar surface area (TPSA) is 237 Å². The maximum Gasteiger partial charge on any atom is 0.472 e. The Hall–Kier alpha value is -1.94. The van der Waals surface area contributed by atoms with Crippen LogP contribution in [0.4, 0.5) is 0 Å². The molecule has 3 N–H and O–H groups in total. The smallest absolute Gasteiger partial charge is 0.462 e. The molecule has 17 nitrogen and oxygen atoms in total. The normalized spacial score (nSPS) is 14.2. The Morgan fingerprint density at radius 2 is 0.488 bits per heavy atom. The van der Waals surface area contributed by atoms with Gasteiger partial charge in [-0.3, -0.25) is 37.3 Å². The summed E-state index contributed by atoms with van der Waals surface area (Å²) in [7, 11) is -9.87. The predicted molar refractivity (Wildman–Crippen MR) is 326 cm³/mol. The first-order chi connectivity index (χ1) is 39.7.